The van der Waals surface area contributed by atoms with Crippen LogP contribution in [0.4, 0.5) is 0 Å². The smallest absolute Gasteiger partial charge is 0.303 e. The molecule has 2 N–H and O–H groups in total. The molecule has 0 fully saturated rings. The molecule has 0 saturated heterocycles. The van der Waals surface area contributed by atoms with Crippen LogP contribution in [0.25, 0.3) is 0 Å². The van der Waals surface area contributed by atoms with Gasteiger partial charge in [0, 0.05) is 13.0 Å². The van der Waals surface area contributed by atoms with Crippen LogP contribution in [0.2, 0.25) is 0 Å². The molecule has 1 aromatic carbocycles. The minimum Gasteiger partial charge on any atom is -0.481 e. The molecule has 112 valence electrons. The lowest BCUT2D eigenvalue weighted by Gasteiger charge is -2.10. The van der Waals surface area contributed by atoms with E-state index in [1.54, 1.807) is 12.1 Å². The van der Waals surface area contributed by atoms with Gasteiger partial charge in [-0.15, -0.1) is 0 Å². The Bertz CT molecular complexity index is 567. The average Bonchev–Trinajstić information content (AvgIpc) is 2.42. The molecule has 0 aliphatic carbocycles. The van der Waals surface area contributed by atoms with Crippen molar-refractivity contribution in [3.05, 3.63) is 29.3 Å². The van der Waals surface area contributed by atoms with E-state index in [0.29, 0.717) is 0 Å². The third-order valence-electron chi connectivity index (χ3n) is 3.11. The van der Waals surface area contributed by atoms with Gasteiger partial charge in [0.2, 0.25) is 10.0 Å². The third-order valence-corrected chi connectivity index (χ3v) is 4.57. The van der Waals surface area contributed by atoms with Crippen molar-refractivity contribution in [3.63, 3.8) is 0 Å². The first-order chi connectivity index (χ1) is 9.40. The van der Waals surface area contributed by atoms with E-state index >= 15 is 0 Å². The molecule has 0 atom stereocenters. The second-order valence-corrected chi connectivity index (χ2v) is 6.30. The maximum absolute atomic E-state index is 12.1. The van der Waals surface area contributed by atoms with E-state index in [4.69, 9.17) is 5.11 Å². The largest absolute Gasteiger partial charge is 0.481 e. The molecule has 0 aliphatic rings. The van der Waals surface area contributed by atoms with Crippen LogP contribution in [0, 0.1) is 0 Å². The minimum atomic E-state index is -3.56. The van der Waals surface area contributed by atoms with Crippen molar-refractivity contribution in [2.75, 3.05) is 6.54 Å². The summed E-state index contributed by atoms with van der Waals surface area (Å²) in [5, 5.41) is 8.51. The van der Waals surface area contributed by atoms with Gasteiger partial charge < -0.3 is 5.11 Å². The Kier molecular flexibility index (Phi) is 6.16. The van der Waals surface area contributed by atoms with Crippen LogP contribution in [0.5, 0.6) is 0 Å². The second kappa shape index (κ2) is 7.40. The molecule has 0 aromatic heterocycles. The highest BCUT2D eigenvalue weighted by Crippen LogP contribution is 2.17. The van der Waals surface area contributed by atoms with Gasteiger partial charge in [0.15, 0.2) is 0 Å². The third kappa shape index (κ3) is 4.61. The number of aryl methyl sites for hydroxylation is 2. The number of benzene rings is 1. The highest BCUT2D eigenvalue weighted by atomic mass is 32.2. The SMILES string of the molecule is CCc1ccc(S(=O)(=O)NCCCC(=O)O)cc1CC. The van der Waals surface area contributed by atoms with Crippen LogP contribution in [0.1, 0.15) is 37.8 Å². The van der Waals surface area contributed by atoms with Crippen molar-refractivity contribution in [1.82, 2.24) is 4.72 Å². The van der Waals surface area contributed by atoms with E-state index in [-0.39, 0.29) is 24.3 Å². The lowest BCUT2D eigenvalue weighted by atomic mass is 10.0. The summed E-state index contributed by atoms with van der Waals surface area (Å²) in [5.41, 5.74) is 2.18. The first-order valence-electron chi connectivity index (χ1n) is 6.74. The van der Waals surface area contributed by atoms with E-state index in [1.807, 2.05) is 19.9 Å². The van der Waals surface area contributed by atoms with Crippen molar-refractivity contribution in [1.29, 1.82) is 0 Å². The molecule has 0 heterocycles. The van der Waals surface area contributed by atoms with Crippen LogP contribution in [-0.4, -0.2) is 26.0 Å². The summed E-state index contributed by atoms with van der Waals surface area (Å²) in [4.78, 5) is 10.6. The first kappa shape index (κ1) is 16.7. The Labute approximate surface area is 120 Å². The molecular formula is C14H21NO4S. The Balaban J connectivity index is 2.79. The van der Waals surface area contributed by atoms with Crippen molar-refractivity contribution >= 4 is 16.0 Å². The van der Waals surface area contributed by atoms with Gasteiger partial charge in [-0.25, -0.2) is 13.1 Å². The fourth-order valence-electron chi connectivity index (χ4n) is 1.97. The normalized spacial score (nSPS) is 11.5. The predicted molar refractivity (Wildman–Crippen MR) is 77.3 cm³/mol. The fourth-order valence-corrected chi connectivity index (χ4v) is 3.10. The summed E-state index contributed by atoms with van der Waals surface area (Å²) < 4.78 is 26.6. The second-order valence-electron chi connectivity index (χ2n) is 4.53. The standard InChI is InChI=1S/C14H21NO4S/c1-3-11-7-8-13(10-12(11)4-2)20(18,19)15-9-5-6-14(16)17/h7-8,10,15H,3-6,9H2,1-2H3,(H,16,17). The highest BCUT2D eigenvalue weighted by Gasteiger charge is 2.15. The molecule has 0 amide bonds. The molecule has 0 saturated carbocycles. The molecule has 20 heavy (non-hydrogen) atoms. The van der Waals surface area contributed by atoms with Gasteiger partial charge in [-0.1, -0.05) is 19.9 Å². The molecular weight excluding hydrogens is 278 g/mol. The summed E-state index contributed by atoms with van der Waals surface area (Å²) in [6.07, 6.45) is 1.89. The molecule has 0 spiro atoms. The monoisotopic (exact) mass is 299 g/mol. The summed E-state index contributed by atoms with van der Waals surface area (Å²) in [5.74, 6) is -0.926. The lowest BCUT2D eigenvalue weighted by Crippen LogP contribution is -2.25. The van der Waals surface area contributed by atoms with Crippen molar-refractivity contribution in [2.24, 2.45) is 0 Å². The van der Waals surface area contributed by atoms with Gasteiger partial charge in [0.05, 0.1) is 4.90 Å². The van der Waals surface area contributed by atoms with Gasteiger partial charge in [-0.05, 0) is 42.5 Å². The Morgan fingerprint density at radius 3 is 2.40 bits per heavy atom. The Morgan fingerprint density at radius 2 is 1.85 bits per heavy atom. The van der Waals surface area contributed by atoms with Crippen LogP contribution >= 0.6 is 0 Å². The van der Waals surface area contributed by atoms with Gasteiger partial charge in [0.25, 0.3) is 0 Å². The zero-order chi connectivity index (χ0) is 15.2. The number of rotatable bonds is 8. The lowest BCUT2D eigenvalue weighted by molar-refractivity contribution is -0.137. The first-order valence-corrected chi connectivity index (χ1v) is 8.22. The highest BCUT2D eigenvalue weighted by molar-refractivity contribution is 7.89. The summed E-state index contributed by atoms with van der Waals surface area (Å²) in [7, 11) is -3.56. The van der Waals surface area contributed by atoms with Gasteiger partial charge in [-0.2, -0.15) is 0 Å². The van der Waals surface area contributed by atoms with E-state index in [0.717, 1.165) is 24.0 Å². The van der Waals surface area contributed by atoms with Gasteiger partial charge in [-0.3, -0.25) is 4.79 Å². The number of aliphatic carboxylic acids is 1. The fraction of sp³-hybridized carbons (Fsp3) is 0.500. The number of hydrogen-bond donors (Lipinski definition) is 2. The molecule has 6 heteroatoms. The van der Waals surface area contributed by atoms with Gasteiger partial charge in [0.1, 0.15) is 0 Å². The van der Waals surface area contributed by atoms with Gasteiger partial charge >= 0.3 is 5.97 Å². The predicted octanol–water partition coefficient (Wildman–Crippen LogP) is 1.95. The number of nitrogens with one attached hydrogen (secondary N) is 1. The summed E-state index contributed by atoms with van der Waals surface area (Å²) >= 11 is 0. The molecule has 0 bridgehead atoms. The molecule has 1 rings (SSSR count). The zero-order valence-electron chi connectivity index (χ0n) is 11.8. The van der Waals surface area contributed by atoms with E-state index < -0.39 is 16.0 Å². The number of hydrogen-bond acceptors (Lipinski definition) is 3. The minimum absolute atomic E-state index is 0.0441. The molecule has 0 aliphatic heterocycles. The molecule has 5 nitrogen and oxygen atoms in total. The van der Waals surface area contributed by atoms with Crippen LogP contribution in [0.15, 0.2) is 23.1 Å². The van der Waals surface area contributed by atoms with Crippen LogP contribution in [-0.2, 0) is 27.7 Å². The summed E-state index contributed by atoms with van der Waals surface area (Å²) in [6, 6.07) is 5.13. The van der Waals surface area contributed by atoms with E-state index in [2.05, 4.69) is 4.72 Å². The quantitative estimate of drug-likeness (QED) is 0.719. The number of carboxylic acid groups (broad SMARTS) is 1. The average molecular weight is 299 g/mol. The molecule has 1 aromatic rings. The molecule has 0 radical (unpaired) electrons. The Morgan fingerprint density at radius 1 is 1.20 bits per heavy atom. The Hall–Kier alpha value is -1.40. The zero-order valence-corrected chi connectivity index (χ0v) is 12.7. The maximum atomic E-state index is 12.1. The van der Waals surface area contributed by atoms with E-state index in [1.165, 1.54) is 0 Å². The van der Waals surface area contributed by atoms with Crippen molar-refractivity contribution in [2.45, 2.75) is 44.4 Å². The van der Waals surface area contributed by atoms with Crippen LogP contribution in [0.3, 0.4) is 0 Å². The number of carboxylic acids is 1. The molecule has 0 unspecified atom stereocenters. The van der Waals surface area contributed by atoms with Crippen molar-refractivity contribution < 1.29 is 18.3 Å². The van der Waals surface area contributed by atoms with Crippen molar-refractivity contribution in [3.8, 4) is 0 Å². The maximum Gasteiger partial charge on any atom is 0.303 e. The van der Waals surface area contributed by atoms with Crippen LogP contribution < -0.4 is 4.72 Å². The number of sulfonamides is 1. The number of carbonyl (C=O) groups is 1. The summed E-state index contributed by atoms with van der Waals surface area (Å²) in [6.45, 7) is 4.16. The van der Waals surface area contributed by atoms with E-state index in [9.17, 15) is 13.2 Å². The topological polar surface area (TPSA) is 83.5 Å².